The highest BCUT2D eigenvalue weighted by molar-refractivity contribution is 9.09. The van der Waals surface area contributed by atoms with Crippen LogP contribution in [0.2, 0.25) is 0 Å². The van der Waals surface area contributed by atoms with Gasteiger partial charge in [0.2, 0.25) is 10.0 Å². The molecule has 2 heterocycles. The van der Waals surface area contributed by atoms with Gasteiger partial charge in [-0.05, 0) is 37.0 Å². The molecule has 0 spiro atoms. The van der Waals surface area contributed by atoms with Crippen molar-refractivity contribution in [1.29, 1.82) is 0 Å². The first-order valence-electron chi connectivity index (χ1n) is 7.16. The van der Waals surface area contributed by atoms with Crippen LogP contribution in [-0.4, -0.2) is 54.6 Å². The molecular weight excluding hydrogens is 356 g/mol. The number of nitrogens with zero attached hydrogens (tertiary/aromatic N) is 2. The van der Waals surface area contributed by atoms with Gasteiger partial charge in [0.25, 0.3) is 0 Å². The fourth-order valence-electron chi connectivity index (χ4n) is 2.41. The average molecular weight is 377 g/mol. The second-order valence-corrected chi connectivity index (χ2v) is 7.96. The Hall–Kier alpha value is -0.500. The zero-order valence-electron chi connectivity index (χ0n) is 11.9. The standard InChI is InChI=1S/C14H21BrN2O3S/c15-6-11-20-14-3-9-17(10-4-14)21(18,19)12-5-13-1-7-16-8-2-13/h1-2,7-8,14H,3-6,9-12H2. The highest BCUT2D eigenvalue weighted by Gasteiger charge is 2.27. The van der Waals surface area contributed by atoms with Crippen molar-refractivity contribution in [1.82, 2.24) is 9.29 Å². The normalized spacial score (nSPS) is 18.0. The predicted molar refractivity (Wildman–Crippen MR) is 86.1 cm³/mol. The molecule has 0 N–H and O–H groups in total. The monoisotopic (exact) mass is 376 g/mol. The zero-order chi connectivity index (χ0) is 15.1. The fraction of sp³-hybridized carbons (Fsp3) is 0.643. The van der Waals surface area contributed by atoms with Crippen molar-refractivity contribution in [3.63, 3.8) is 0 Å². The predicted octanol–water partition coefficient (Wildman–Crippen LogP) is 1.83. The SMILES string of the molecule is O=S(=O)(CCc1ccncc1)N1CCC(OCCBr)CC1. The molecule has 0 saturated carbocycles. The molecule has 1 aromatic rings. The van der Waals surface area contributed by atoms with Crippen LogP contribution in [0.15, 0.2) is 24.5 Å². The van der Waals surface area contributed by atoms with Gasteiger partial charge in [0.1, 0.15) is 0 Å². The van der Waals surface area contributed by atoms with Crippen LogP contribution >= 0.6 is 15.9 Å². The van der Waals surface area contributed by atoms with E-state index in [4.69, 9.17) is 4.74 Å². The van der Waals surface area contributed by atoms with Crippen molar-refractivity contribution in [2.75, 3.05) is 30.8 Å². The number of aryl methyl sites for hydroxylation is 1. The van der Waals surface area contributed by atoms with E-state index in [9.17, 15) is 8.42 Å². The van der Waals surface area contributed by atoms with E-state index >= 15 is 0 Å². The molecule has 1 saturated heterocycles. The highest BCUT2D eigenvalue weighted by atomic mass is 79.9. The molecule has 21 heavy (non-hydrogen) atoms. The molecule has 0 unspecified atom stereocenters. The lowest BCUT2D eigenvalue weighted by Gasteiger charge is -2.31. The number of hydrogen-bond donors (Lipinski definition) is 0. The summed E-state index contributed by atoms with van der Waals surface area (Å²) in [7, 11) is -3.18. The van der Waals surface area contributed by atoms with Crippen LogP contribution in [0.4, 0.5) is 0 Å². The lowest BCUT2D eigenvalue weighted by Crippen LogP contribution is -2.42. The van der Waals surface area contributed by atoms with Crippen LogP contribution in [-0.2, 0) is 21.2 Å². The molecule has 118 valence electrons. The first-order valence-corrected chi connectivity index (χ1v) is 9.89. The van der Waals surface area contributed by atoms with Gasteiger partial charge < -0.3 is 4.74 Å². The largest absolute Gasteiger partial charge is 0.377 e. The first kappa shape index (κ1) is 16.9. The smallest absolute Gasteiger partial charge is 0.214 e. The van der Waals surface area contributed by atoms with Crippen molar-refractivity contribution in [2.24, 2.45) is 0 Å². The summed E-state index contributed by atoms with van der Waals surface area (Å²) in [4.78, 5) is 3.94. The summed E-state index contributed by atoms with van der Waals surface area (Å²) >= 11 is 3.33. The van der Waals surface area contributed by atoms with Crippen molar-refractivity contribution >= 4 is 26.0 Å². The first-order chi connectivity index (χ1) is 10.1. The van der Waals surface area contributed by atoms with Gasteiger partial charge in [-0.15, -0.1) is 0 Å². The lowest BCUT2D eigenvalue weighted by molar-refractivity contribution is 0.0309. The maximum atomic E-state index is 12.3. The second kappa shape index (κ2) is 8.22. The number of ether oxygens (including phenoxy) is 1. The van der Waals surface area contributed by atoms with Gasteiger partial charge in [-0.25, -0.2) is 12.7 Å². The summed E-state index contributed by atoms with van der Waals surface area (Å²) in [6.07, 6.45) is 5.66. The Morgan fingerprint density at radius 1 is 1.29 bits per heavy atom. The Kier molecular flexibility index (Phi) is 6.60. The molecule has 0 bridgehead atoms. The molecule has 1 aliphatic heterocycles. The number of halogens is 1. The maximum absolute atomic E-state index is 12.3. The van der Waals surface area contributed by atoms with Crippen molar-refractivity contribution in [3.8, 4) is 0 Å². The highest BCUT2D eigenvalue weighted by Crippen LogP contribution is 2.17. The Morgan fingerprint density at radius 3 is 2.57 bits per heavy atom. The van der Waals surface area contributed by atoms with E-state index in [0.29, 0.717) is 26.1 Å². The van der Waals surface area contributed by atoms with Gasteiger partial charge >= 0.3 is 0 Å². The molecule has 0 aromatic carbocycles. The molecule has 0 radical (unpaired) electrons. The quantitative estimate of drug-likeness (QED) is 0.681. The molecular formula is C14H21BrN2O3S. The number of pyridine rings is 1. The molecule has 5 nitrogen and oxygen atoms in total. The van der Waals surface area contributed by atoms with Crippen LogP contribution < -0.4 is 0 Å². The van der Waals surface area contributed by atoms with Crippen LogP contribution in [0.1, 0.15) is 18.4 Å². The lowest BCUT2D eigenvalue weighted by atomic mass is 10.1. The van der Waals surface area contributed by atoms with E-state index in [-0.39, 0.29) is 11.9 Å². The van der Waals surface area contributed by atoms with Gasteiger partial charge in [0.15, 0.2) is 0 Å². The molecule has 2 rings (SSSR count). The molecule has 0 amide bonds. The van der Waals surface area contributed by atoms with E-state index in [1.807, 2.05) is 12.1 Å². The summed E-state index contributed by atoms with van der Waals surface area (Å²) in [5.41, 5.74) is 1.00. The Morgan fingerprint density at radius 2 is 1.95 bits per heavy atom. The molecule has 0 atom stereocenters. The summed E-state index contributed by atoms with van der Waals surface area (Å²) in [6, 6.07) is 3.71. The minimum atomic E-state index is -3.18. The Labute approximate surface area is 134 Å². The zero-order valence-corrected chi connectivity index (χ0v) is 14.4. The van der Waals surface area contributed by atoms with E-state index in [0.717, 1.165) is 23.7 Å². The van der Waals surface area contributed by atoms with Crippen molar-refractivity contribution in [2.45, 2.75) is 25.4 Å². The molecule has 1 aromatic heterocycles. The molecule has 7 heteroatoms. The van der Waals surface area contributed by atoms with Gasteiger partial charge in [-0.3, -0.25) is 4.98 Å². The third kappa shape index (κ3) is 5.32. The minimum Gasteiger partial charge on any atom is -0.377 e. The van der Waals surface area contributed by atoms with E-state index in [2.05, 4.69) is 20.9 Å². The second-order valence-electron chi connectivity index (χ2n) is 5.08. The number of piperidine rings is 1. The van der Waals surface area contributed by atoms with Crippen LogP contribution in [0, 0.1) is 0 Å². The van der Waals surface area contributed by atoms with Crippen LogP contribution in [0.5, 0.6) is 0 Å². The number of sulfonamides is 1. The van der Waals surface area contributed by atoms with Crippen LogP contribution in [0.25, 0.3) is 0 Å². The van der Waals surface area contributed by atoms with E-state index in [1.165, 1.54) is 0 Å². The summed E-state index contributed by atoms with van der Waals surface area (Å²) in [6.45, 7) is 1.80. The average Bonchev–Trinajstić information content (AvgIpc) is 2.52. The summed E-state index contributed by atoms with van der Waals surface area (Å²) < 4.78 is 31.9. The van der Waals surface area contributed by atoms with E-state index < -0.39 is 10.0 Å². The summed E-state index contributed by atoms with van der Waals surface area (Å²) in [5.74, 6) is 0.157. The molecule has 1 fully saturated rings. The molecule has 1 aliphatic rings. The van der Waals surface area contributed by atoms with Gasteiger partial charge in [0.05, 0.1) is 18.5 Å². The Bertz CT molecular complexity index is 516. The number of rotatable bonds is 7. The van der Waals surface area contributed by atoms with E-state index in [1.54, 1.807) is 16.7 Å². The minimum absolute atomic E-state index is 0.157. The fourth-order valence-corrected chi connectivity index (χ4v) is 4.12. The molecule has 0 aliphatic carbocycles. The maximum Gasteiger partial charge on any atom is 0.214 e. The summed E-state index contributed by atoms with van der Waals surface area (Å²) in [5, 5.41) is 0.817. The number of alkyl halides is 1. The number of aromatic nitrogens is 1. The van der Waals surface area contributed by atoms with Gasteiger partial charge in [-0.2, -0.15) is 0 Å². The van der Waals surface area contributed by atoms with Crippen LogP contribution in [0.3, 0.4) is 0 Å². The van der Waals surface area contributed by atoms with Gasteiger partial charge in [-0.1, -0.05) is 15.9 Å². The van der Waals surface area contributed by atoms with Crippen molar-refractivity contribution < 1.29 is 13.2 Å². The number of hydrogen-bond acceptors (Lipinski definition) is 4. The Balaban J connectivity index is 1.81. The third-order valence-electron chi connectivity index (χ3n) is 3.62. The van der Waals surface area contributed by atoms with Gasteiger partial charge in [0, 0.05) is 30.8 Å². The topological polar surface area (TPSA) is 59.5 Å². The van der Waals surface area contributed by atoms with Crippen molar-refractivity contribution in [3.05, 3.63) is 30.1 Å². The third-order valence-corrected chi connectivity index (χ3v) is 5.82.